The lowest BCUT2D eigenvalue weighted by Gasteiger charge is -2.36. The first-order chi connectivity index (χ1) is 9.33. The van der Waals surface area contributed by atoms with E-state index in [9.17, 15) is 13.2 Å². The number of aliphatic carboxylic acids is 1. The van der Waals surface area contributed by atoms with Crippen LogP contribution in [0.4, 0.5) is 0 Å². The Labute approximate surface area is 118 Å². The Morgan fingerprint density at radius 3 is 2.60 bits per heavy atom. The second kappa shape index (κ2) is 5.53. The molecule has 0 bridgehead atoms. The van der Waals surface area contributed by atoms with Crippen molar-refractivity contribution in [1.29, 1.82) is 0 Å². The predicted molar refractivity (Wildman–Crippen MR) is 71.6 cm³/mol. The predicted octanol–water partition coefficient (Wildman–Crippen LogP) is 0.876. The van der Waals surface area contributed by atoms with Crippen molar-refractivity contribution in [1.82, 2.24) is 14.5 Å². The van der Waals surface area contributed by atoms with Gasteiger partial charge in [-0.25, -0.2) is 13.1 Å². The van der Waals surface area contributed by atoms with Gasteiger partial charge in [-0.05, 0) is 12.8 Å². The molecule has 1 heterocycles. The third-order valence-corrected chi connectivity index (χ3v) is 5.18. The molecule has 1 aliphatic rings. The molecule has 1 aromatic heterocycles. The number of hydrogen-bond acceptors (Lipinski definition) is 4. The van der Waals surface area contributed by atoms with E-state index in [0.29, 0.717) is 12.8 Å². The highest BCUT2D eigenvalue weighted by Gasteiger charge is 2.38. The molecule has 1 aliphatic carbocycles. The number of carboxylic acids is 1. The van der Waals surface area contributed by atoms with E-state index >= 15 is 0 Å². The van der Waals surface area contributed by atoms with Gasteiger partial charge in [0.05, 0.1) is 12.6 Å². The van der Waals surface area contributed by atoms with Gasteiger partial charge in [0.1, 0.15) is 4.90 Å². The molecule has 112 valence electrons. The Hall–Kier alpha value is -1.41. The molecule has 2 N–H and O–H groups in total. The van der Waals surface area contributed by atoms with Crippen molar-refractivity contribution in [2.45, 2.75) is 49.0 Å². The zero-order chi connectivity index (χ0) is 14.8. The van der Waals surface area contributed by atoms with E-state index in [-0.39, 0.29) is 11.3 Å². The minimum Gasteiger partial charge on any atom is -0.481 e. The van der Waals surface area contributed by atoms with Gasteiger partial charge in [-0.3, -0.25) is 9.48 Å². The zero-order valence-corrected chi connectivity index (χ0v) is 12.2. The van der Waals surface area contributed by atoms with Crippen LogP contribution >= 0.6 is 0 Å². The topological polar surface area (TPSA) is 101 Å². The molecule has 8 heteroatoms. The Kier molecular flexibility index (Phi) is 4.14. The number of rotatable bonds is 5. The first-order valence-electron chi connectivity index (χ1n) is 6.57. The van der Waals surface area contributed by atoms with Gasteiger partial charge in [-0.15, -0.1) is 0 Å². The van der Waals surface area contributed by atoms with Crippen LogP contribution in [0.25, 0.3) is 0 Å². The smallest absolute Gasteiger partial charge is 0.305 e. The van der Waals surface area contributed by atoms with Crippen molar-refractivity contribution in [2.75, 3.05) is 0 Å². The van der Waals surface area contributed by atoms with Gasteiger partial charge in [0.25, 0.3) is 0 Å². The summed E-state index contributed by atoms with van der Waals surface area (Å²) in [5, 5.41) is 12.9. The van der Waals surface area contributed by atoms with E-state index in [4.69, 9.17) is 5.11 Å². The maximum atomic E-state index is 12.3. The van der Waals surface area contributed by atoms with Gasteiger partial charge in [0.2, 0.25) is 10.0 Å². The number of nitrogens with zero attached hydrogens (tertiary/aromatic N) is 2. The van der Waals surface area contributed by atoms with Crippen molar-refractivity contribution in [3.8, 4) is 0 Å². The molecule has 0 aliphatic heterocycles. The number of aryl methyl sites for hydroxylation is 1. The first-order valence-corrected chi connectivity index (χ1v) is 8.06. The van der Waals surface area contributed by atoms with Crippen LogP contribution in [0.2, 0.25) is 0 Å². The van der Waals surface area contributed by atoms with Crippen LogP contribution in [0, 0.1) is 0 Å². The molecular formula is C12H19N3O4S. The molecule has 7 nitrogen and oxygen atoms in total. The quantitative estimate of drug-likeness (QED) is 0.840. The van der Waals surface area contributed by atoms with Crippen molar-refractivity contribution in [3.63, 3.8) is 0 Å². The van der Waals surface area contributed by atoms with Crippen molar-refractivity contribution in [2.24, 2.45) is 7.05 Å². The summed E-state index contributed by atoms with van der Waals surface area (Å²) < 4.78 is 28.7. The molecule has 1 saturated carbocycles. The monoisotopic (exact) mass is 301 g/mol. The Balaban J connectivity index is 2.25. The van der Waals surface area contributed by atoms with Gasteiger partial charge >= 0.3 is 5.97 Å². The highest BCUT2D eigenvalue weighted by atomic mass is 32.2. The van der Waals surface area contributed by atoms with Crippen LogP contribution < -0.4 is 4.72 Å². The molecule has 2 rings (SSSR count). The number of aromatic nitrogens is 2. The molecule has 20 heavy (non-hydrogen) atoms. The molecule has 0 radical (unpaired) electrons. The second-order valence-electron chi connectivity index (χ2n) is 5.37. The summed E-state index contributed by atoms with van der Waals surface area (Å²) in [6.07, 6.45) is 6.27. The van der Waals surface area contributed by atoms with Gasteiger partial charge in [-0.1, -0.05) is 19.3 Å². The molecule has 1 aromatic rings. The molecular weight excluding hydrogens is 282 g/mol. The fraction of sp³-hybridized carbons (Fsp3) is 0.667. The van der Waals surface area contributed by atoms with Gasteiger partial charge < -0.3 is 5.11 Å². The lowest BCUT2D eigenvalue weighted by atomic mass is 9.80. The maximum Gasteiger partial charge on any atom is 0.305 e. The van der Waals surface area contributed by atoms with E-state index in [1.54, 1.807) is 7.05 Å². The van der Waals surface area contributed by atoms with Crippen molar-refractivity contribution < 1.29 is 18.3 Å². The summed E-state index contributed by atoms with van der Waals surface area (Å²) in [7, 11) is -2.11. The number of hydrogen-bond donors (Lipinski definition) is 2. The summed E-state index contributed by atoms with van der Waals surface area (Å²) in [4.78, 5) is 11.1. The summed E-state index contributed by atoms with van der Waals surface area (Å²) >= 11 is 0. The molecule has 0 amide bonds. The summed E-state index contributed by atoms with van der Waals surface area (Å²) in [6, 6.07) is 0. The number of nitrogens with one attached hydrogen (secondary N) is 1. The van der Waals surface area contributed by atoms with Crippen LogP contribution in [0.1, 0.15) is 38.5 Å². The molecule has 1 fully saturated rings. The van der Waals surface area contributed by atoms with Crippen LogP contribution in [0.5, 0.6) is 0 Å². The zero-order valence-electron chi connectivity index (χ0n) is 11.4. The molecule has 0 aromatic carbocycles. The lowest BCUT2D eigenvalue weighted by molar-refractivity contribution is -0.138. The normalized spacial score (nSPS) is 18.9. The lowest BCUT2D eigenvalue weighted by Crippen LogP contribution is -2.50. The van der Waals surface area contributed by atoms with E-state index in [1.165, 1.54) is 17.1 Å². The highest BCUT2D eigenvalue weighted by molar-refractivity contribution is 7.89. The van der Waals surface area contributed by atoms with E-state index in [2.05, 4.69) is 9.82 Å². The third kappa shape index (κ3) is 3.37. The fourth-order valence-electron chi connectivity index (χ4n) is 2.71. The molecule has 0 saturated heterocycles. The van der Waals surface area contributed by atoms with Crippen LogP contribution in [0.3, 0.4) is 0 Å². The standard InChI is InChI=1S/C12H19N3O4S/c1-15-9-10(8-13-15)20(18,19)14-12(7-11(16)17)5-3-2-4-6-12/h8-9,14H,2-7H2,1H3,(H,16,17). The average Bonchev–Trinajstić information content (AvgIpc) is 2.76. The third-order valence-electron chi connectivity index (χ3n) is 3.64. The van der Waals surface area contributed by atoms with E-state index in [1.807, 2.05) is 0 Å². The Morgan fingerprint density at radius 2 is 2.10 bits per heavy atom. The summed E-state index contributed by atoms with van der Waals surface area (Å²) in [5.74, 6) is -0.985. The first kappa shape index (κ1) is 15.0. The molecule has 0 atom stereocenters. The van der Waals surface area contributed by atoms with Gasteiger partial charge in [0, 0.05) is 18.8 Å². The van der Waals surface area contributed by atoms with Crippen molar-refractivity contribution >= 4 is 16.0 Å². The minimum absolute atomic E-state index is 0.0651. The number of carboxylic acid groups (broad SMARTS) is 1. The Morgan fingerprint density at radius 1 is 1.45 bits per heavy atom. The van der Waals surface area contributed by atoms with Crippen molar-refractivity contribution in [3.05, 3.63) is 12.4 Å². The molecule has 0 unspecified atom stereocenters. The largest absolute Gasteiger partial charge is 0.481 e. The molecule has 0 spiro atoms. The van der Waals surface area contributed by atoms with Crippen LogP contribution in [-0.2, 0) is 21.9 Å². The second-order valence-corrected chi connectivity index (χ2v) is 7.05. The van der Waals surface area contributed by atoms with Crippen LogP contribution in [0.15, 0.2) is 17.3 Å². The average molecular weight is 301 g/mol. The summed E-state index contributed by atoms with van der Waals surface area (Å²) in [5.41, 5.74) is -0.876. The van der Waals surface area contributed by atoms with E-state index in [0.717, 1.165) is 19.3 Å². The SMILES string of the molecule is Cn1cc(S(=O)(=O)NC2(CC(=O)O)CCCCC2)cn1. The van der Waals surface area contributed by atoms with Gasteiger partial charge in [0.15, 0.2) is 0 Å². The fourth-order valence-corrected chi connectivity index (χ4v) is 4.16. The Bertz CT molecular complexity index is 588. The van der Waals surface area contributed by atoms with Gasteiger partial charge in [-0.2, -0.15) is 5.10 Å². The maximum absolute atomic E-state index is 12.3. The number of sulfonamides is 1. The minimum atomic E-state index is -3.74. The highest BCUT2D eigenvalue weighted by Crippen LogP contribution is 2.32. The number of carbonyl (C=O) groups is 1. The summed E-state index contributed by atoms with van der Waals surface area (Å²) in [6.45, 7) is 0. The van der Waals surface area contributed by atoms with Crippen LogP contribution in [-0.4, -0.2) is 34.8 Å². The van der Waals surface area contributed by atoms with E-state index < -0.39 is 21.5 Å².